The van der Waals surface area contributed by atoms with E-state index < -0.39 is 0 Å². The fourth-order valence-electron chi connectivity index (χ4n) is 4.04. The van der Waals surface area contributed by atoms with Crippen LogP contribution in [0.1, 0.15) is 29.7 Å². The standard InChI is InChI=1S/C22H28N4O3/c1-16-6-10-26(24-16)11-8-23-22(28)19-7-9-25(15-19)21(27)14-17-4-5-20-18(13-17)3-2-12-29-20/h4-6,10,13,19H,2-3,7-9,11-12,14-15H2,1H3,(H,23,28). The van der Waals surface area contributed by atoms with E-state index in [1.54, 1.807) is 0 Å². The molecule has 1 unspecified atom stereocenters. The number of carbonyl (C=O) groups excluding carboxylic acids is 2. The molecule has 4 rings (SSSR count). The van der Waals surface area contributed by atoms with Gasteiger partial charge in [0.1, 0.15) is 5.75 Å². The molecule has 0 spiro atoms. The smallest absolute Gasteiger partial charge is 0.227 e. The Morgan fingerprint density at radius 3 is 3.03 bits per heavy atom. The second kappa shape index (κ2) is 8.68. The highest BCUT2D eigenvalue weighted by Crippen LogP contribution is 2.26. The quantitative estimate of drug-likeness (QED) is 0.807. The number of fused-ring (bicyclic) bond motifs is 1. The van der Waals surface area contributed by atoms with Gasteiger partial charge in [-0.2, -0.15) is 5.10 Å². The lowest BCUT2D eigenvalue weighted by atomic mass is 10.0. The van der Waals surface area contributed by atoms with Gasteiger partial charge in [0.05, 0.1) is 31.2 Å². The second-order valence-corrected chi connectivity index (χ2v) is 7.91. The lowest BCUT2D eigenvalue weighted by Crippen LogP contribution is -2.36. The number of ether oxygens (including phenoxy) is 1. The van der Waals surface area contributed by atoms with E-state index in [9.17, 15) is 9.59 Å². The highest BCUT2D eigenvalue weighted by atomic mass is 16.5. The predicted octanol–water partition coefficient (Wildman–Crippen LogP) is 1.72. The fourth-order valence-corrected chi connectivity index (χ4v) is 4.04. The Balaban J connectivity index is 1.24. The maximum Gasteiger partial charge on any atom is 0.227 e. The summed E-state index contributed by atoms with van der Waals surface area (Å²) in [6.07, 6.45) is 5.02. The molecule has 29 heavy (non-hydrogen) atoms. The molecule has 2 aliphatic heterocycles. The Morgan fingerprint density at radius 2 is 2.21 bits per heavy atom. The molecular weight excluding hydrogens is 368 g/mol. The van der Waals surface area contributed by atoms with E-state index in [2.05, 4.69) is 16.5 Å². The van der Waals surface area contributed by atoms with Crippen LogP contribution in [-0.2, 0) is 29.0 Å². The Bertz CT molecular complexity index is 892. The van der Waals surface area contributed by atoms with E-state index in [-0.39, 0.29) is 17.7 Å². The van der Waals surface area contributed by atoms with Crippen LogP contribution < -0.4 is 10.1 Å². The summed E-state index contributed by atoms with van der Waals surface area (Å²) < 4.78 is 7.46. The summed E-state index contributed by atoms with van der Waals surface area (Å²) in [6, 6.07) is 7.97. The largest absolute Gasteiger partial charge is 0.493 e. The van der Waals surface area contributed by atoms with Gasteiger partial charge in [0, 0.05) is 25.8 Å². The average Bonchev–Trinajstić information content (AvgIpc) is 3.37. The zero-order valence-corrected chi connectivity index (χ0v) is 16.9. The topological polar surface area (TPSA) is 76.5 Å². The number of nitrogens with one attached hydrogen (secondary N) is 1. The number of benzene rings is 1. The summed E-state index contributed by atoms with van der Waals surface area (Å²) in [6.45, 7) is 5.04. The summed E-state index contributed by atoms with van der Waals surface area (Å²) in [5.41, 5.74) is 3.17. The molecule has 2 amide bonds. The zero-order valence-electron chi connectivity index (χ0n) is 16.9. The van der Waals surface area contributed by atoms with Crippen LogP contribution in [0.4, 0.5) is 0 Å². The Hall–Kier alpha value is -2.83. The van der Waals surface area contributed by atoms with Gasteiger partial charge in [-0.05, 0) is 49.4 Å². The molecule has 154 valence electrons. The SMILES string of the molecule is Cc1ccn(CCNC(=O)C2CCN(C(=O)Cc3ccc4c(c3)CCCO4)C2)n1. The van der Waals surface area contributed by atoms with Crippen molar-refractivity contribution in [2.75, 3.05) is 26.2 Å². The number of rotatable bonds is 6. The number of amides is 2. The van der Waals surface area contributed by atoms with Gasteiger partial charge in [0.2, 0.25) is 11.8 Å². The highest BCUT2D eigenvalue weighted by molar-refractivity contribution is 5.83. The molecule has 3 heterocycles. The van der Waals surface area contributed by atoms with Crippen LogP contribution in [0.5, 0.6) is 5.75 Å². The van der Waals surface area contributed by atoms with Gasteiger partial charge in [-0.15, -0.1) is 0 Å². The molecule has 7 heteroatoms. The third-order valence-electron chi connectivity index (χ3n) is 5.65. The number of aryl methyl sites for hydroxylation is 2. The van der Waals surface area contributed by atoms with Crippen LogP contribution in [0.25, 0.3) is 0 Å². The monoisotopic (exact) mass is 396 g/mol. The average molecular weight is 396 g/mol. The molecule has 0 saturated carbocycles. The first-order valence-electron chi connectivity index (χ1n) is 10.4. The van der Waals surface area contributed by atoms with Crippen LogP contribution >= 0.6 is 0 Å². The molecule has 2 aliphatic rings. The van der Waals surface area contributed by atoms with Gasteiger partial charge >= 0.3 is 0 Å². The Kier molecular flexibility index (Phi) is 5.83. The summed E-state index contributed by atoms with van der Waals surface area (Å²) in [5.74, 6) is 0.921. The number of hydrogen-bond acceptors (Lipinski definition) is 4. The van der Waals surface area contributed by atoms with Crippen molar-refractivity contribution in [3.05, 3.63) is 47.3 Å². The fraction of sp³-hybridized carbons (Fsp3) is 0.500. The third-order valence-corrected chi connectivity index (χ3v) is 5.65. The van der Waals surface area contributed by atoms with Crippen LogP contribution in [-0.4, -0.2) is 52.7 Å². The molecule has 0 aliphatic carbocycles. The zero-order chi connectivity index (χ0) is 20.2. The van der Waals surface area contributed by atoms with Crippen molar-refractivity contribution in [2.45, 2.75) is 39.2 Å². The maximum atomic E-state index is 12.7. The van der Waals surface area contributed by atoms with Crippen molar-refractivity contribution in [3.63, 3.8) is 0 Å². The van der Waals surface area contributed by atoms with Gasteiger partial charge in [-0.1, -0.05) is 12.1 Å². The normalized spacial score (nSPS) is 18.2. The molecule has 0 bridgehead atoms. The van der Waals surface area contributed by atoms with Gasteiger partial charge < -0.3 is 15.0 Å². The molecule has 1 fully saturated rings. The molecular formula is C22H28N4O3. The first-order chi connectivity index (χ1) is 14.1. The van der Waals surface area contributed by atoms with E-state index in [0.717, 1.165) is 42.9 Å². The van der Waals surface area contributed by atoms with Crippen molar-refractivity contribution >= 4 is 11.8 Å². The maximum absolute atomic E-state index is 12.7. The minimum absolute atomic E-state index is 0.0232. The molecule has 7 nitrogen and oxygen atoms in total. The first-order valence-corrected chi connectivity index (χ1v) is 10.4. The van der Waals surface area contributed by atoms with Crippen molar-refractivity contribution < 1.29 is 14.3 Å². The molecule has 2 aromatic rings. The lowest BCUT2D eigenvalue weighted by molar-refractivity contribution is -0.130. The van der Waals surface area contributed by atoms with Gasteiger partial charge in [0.25, 0.3) is 0 Å². The number of likely N-dealkylation sites (tertiary alicyclic amines) is 1. The van der Waals surface area contributed by atoms with E-state index in [0.29, 0.717) is 32.6 Å². The minimum Gasteiger partial charge on any atom is -0.493 e. The van der Waals surface area contributed by atoms with Gasteiger partial charge in [-0.25, -0.2) is 0 Å². The van der Waals surface area contributed by atoms with Crippen molar-refractivity contribution in [1.29, 1.82) is 0 Å². The van der Waals surface area contributed by atoms with Crippen molar-refractivity contribution in [3.8, 4) is 5.75 Å². The first kappa shape index (κ1) is 19.5. The molecule has 1 aromatic heterocycles. The summed E-state index contributed by atoms with van der Waals surface area (Å²) in [5, 5.41) is 7.29. The summed E-state index contributed by atoms with van der Waals surface area (Å²) in [7, 11) is 0. The van der Waals surface area contributed by atoms with E-state index in [1.165, 1.54) is 5.56 Å². The second-order valence-electron chi connectivity index (χ2n) is 7.91. The number of carbonyl (C=O) groups is 2. The lowest BCUT2D eigenvalue weighted by Gasteiger charge is -2.19. The van der Waals surface area contributed by atoms with Crippen LogP contribution in [0.15, 0.2) is 30.5 Å². The Morgan fingerprint density at radius 1 is 1.31 bits per heavy atom. The summed E-state index contributed by atoms with van der Waals surface area (Å²) >= 11 is 0. The highest BCUT2D eigenvalue weighted by Gasteiger charge is 2.30. The predicted molar refractivity (Wildman–Crippen MR) is 109 cm³/mol. The molecule has 1 saturated heterocycles. The van der Waals surface area contributed by atoms with Gasteiger partial charge in [-0.3, -0.25) is 14.3 Å². The minimum atomic E-state index is -0.129. The van der Waals surface area contributed by atoms with E-state index in [1.807, 2.05) is 40.9 Å². The number of aromatic nitrogens is 2. The van der Waals surface area contributed by atoms with Crippen LogP contribution in [0.3, 0.4) is 0 Å². The van der Waals surface area contributed by atoms with E-state index >= 15 is 0 Å². The van der Waals surface area contributed by atoms with Gasteiger partial charge in [0.15, 0.2) is 0 Å². The number of nitrogens with zero attached hydrogens (tertiary/aromatic N) is 3. The van der Waals surface area contributed by atoms with Crippen molar-refractivity contribution in [2.24, 2.45) is 5.92 Å². The van der Waals surface area contributed by atoms with Crippen LogP contribution in [0.2, 0.25) is 0 Å². The van der Waals surface area contributed by atoms with Crippen molar-refractivity contribution in [1.82, 2.24) is 20.0 Å². The number of hydrogen-bond donors (Lipinski definition) is 1. The Labute approximate surface area is 171 Å². The van der Waals surface area contributed by atoms with E-state index in [4.69, 9.17) is 4.74 Å². The third kappa shape index (κ3) is 4.78. The molecule has 1 atom stereocenters. The van der Waals surface area contributed by atoms with Crippen LogP contribution in [0, 0.1) is 12.8 Å². The summed E-state index contributed by atoms with van der Waals surface area (Å²) in [4.78, 5) is 27.0. The molecule has 1 N–H and O–H groups in total. The molecule has 1 aromatic carbocycles. The molecule has 0 radical (unpaired) electrons.